The molecule has 22 N–H and O–H groups in total. The molecule has 2 aliphatic carbocycles. The predicted octanol–water partition coefficient (Wildman–Crippen LogP) is 1.41. The Morgan fingerprint density at radius 1 is 0.500 bits per heavy atom. The van der Waals surface area contributed by atoms with Crippen molar-refractivity contribution in [3.05, 3.63) is 95.3 Å². The number of carboxylic acid groups (broad SMARTS) is 4. The summed E-state index contributed by atoms with van der Waals surface area (Å²) in [4.78, 5) is 260. The molecule has 130 heavy (non-hydrogen) atoms. The first-order valence-electron chi connectivity index (χ1n) is 44.0. The van der Waals surface area contributed by atoms with E-state index in [0.717, 1.165) is 47.6 Å². The van der Waals surface area contributed by atoms with E-state index in [1.165, 1.54) is 88.6 Å². The second kappa shape index (κ2) is 53.7. The highest BCUT2D eigenvalue weighted by molar-refractivity contribution is 8.00. The van der Waals surface area contributed by atoms with Gasteiger partial charge in [0.05, 0.1) is 12.2 Å². The van der Waals surface area contributed by atoms with Crippen LogP contribution in [-0.4, -0.2) is 264 Å². The van der Waals surface area contributed by atoms with Crippen LogP contribution in [0.2, 0.25) is 0 Å². The minimum Gasteiger partial charge on any atom is -0.508 e. The SMILES string of the molecule is CCCC[C@H]1C(=O)NC(C)(C)C(=O)N[C@@H](CC2CCCCC2)C(=O)N[C@@H](Cc2ccc(F)cc2)C(=O)N[C@H](CC(=O)O)C(=O)N[C@@H](Cc2ccc(O)cc2)C(=O)N[C@@H](Cc2ccc(O)cc2)C(=O)N[C@@H](CCCNC(N)=O)C(=O)N[C@H](CCCCN)C(=O)N[C@@H](CC2CCCCC2)C(=O)N[C@H](C(=O)N[C@H](CCC(=O)O)C(=O)O)CSCC(=O)N(C)[C@@H](CCC(=O)O)C(=O)N1C. The van der Waals surface area contributed by atoms with E-state index in [4.69, 9.17) is 11.5 Å². The third kappa shape index (κ3) is 36.4. The zero-order chi connectivity index (χ0) is 95.9. The van der Waals surface area contributed by atoms with Crippen LogP contribution in [0.25, 0.3) is 0 Å². The average molecular weight is 1840 g/mol. The molecule has 6 rings (SSSR count). The van der Waals surface area contributed by atoms with Crippen molar-refractivity contribution in [1.82, 2.24) is 73.6 Å². The number of aromatic hydroxyl groups is 2. The third-order valence-corrected chi connectivity index (χ3v) is 24.2. The molecule has 0 bridgehead atoms. The number of benzene rings is 3. The zero-order valence-corrected chi connectivity index (χ0v) is 74.8. The molecule has 2 saturated carbocycles. The largest absolute Gasteiger partial charge is 0.508 e. The molecule has 15 amide bonds. The number of urea groups is 1. The summed E-state index contributed by atoms with van der Waals surface area (Å²) in [5.74, 6) is -23.0. The lowest BCUT2D eigenvalue weighted by Crippen LogP contribution is -2.63. The quantitative estimate of drug-likeness (QED) is 0.0393. The Kier molecular flexibility index (Phi) is 44.0. The number of phenols is 2. The number of hydrogen-bond donors (Lipinski definition) is 20. The Labute approximate surface area is 757 Å². The Hall–Kier alpha value is -12.2. The number of rotatable bonds is 32. The molecular formula is C88H127FN16O24S. The minimum atomic E-state index is -2.13. The number of nitrogens with zero attached hydrogens (tertiary/aromatic N) is 2. The van der Waals surface area contributed by atoms with Crippen LogP contribution in [0.15, 0.2) is 72.8 Å². The molecule has 12 atom stereocenters. The van der Waals surface area contributed by atoms with Crippen molar-refractivity contribution in [3.8, 4) is 11.5 Å². The van der Waals surface area contributed by atoms with Crippen molar-refractivity contribution < 1.29 is 121 Å². The molecule has 0 unspecified atom stereocenters. The summed E-state index contributed by atoms with van der Waals surface area (Å²) in [5, 5.41) is 91.9. The number of likely N-dealkylation sites (N-methyl/N-ethyl adjacent to an activating group) is 2. The zero-order valence-electron chi connectivity index (χ0n) is 74.0. The lowest BCUT2D eigenvalue weighted by atomic mass is 9.84. The number of nitrogens with two attached hydrogens (primary N) is 2. The number of thioether (sulfide) groups is 1. The second-order valence-electron chi connectivity index (χ2n) is 33.9. The Morgan fingerprint density at radius 2 is 0.931 bits per heavy atom. The number of carbonyl (C=O) groups excluding carboxylic acids is 14. The fourth-order valence-electron chi connectivity index (χ4n) is 15.6. The number of halogens is 1. The van der Waals surface area contributed by atoms with Crippen molar-refractivity contribution in [3.63, 3.8) is 0 Å². The second-order valence-corrected chi connectivity index (χ2v) is 34.9. The lowest BCUT2D eigenvalue weighted by Gasteiger charge is -2.36. The van der Waals surface area contributed by atoms with Gasteiger partial charge in [-0.05, 0) is 150 Å². The van der Waals surface area contributed by atoms with Gasteiger partial charge in [0.25, 0.3) is 0 Å². The first-order valence-corrected chi connectivity index (χ1v) is 45.2. The number of primary amides is 1. The van der Waals surface area contributed by atoms with Gasteiger partial charge in [0.15, 0.2) is 0 Å². The van der Waals surface area contributed by atoms with Crippen molar-refractivity contribution in [2.75, 3.05) is 38.7 Å². The fourth-order valence-corrected chi connectivity index (χ4v) is 16.6. The maximum Gasteiger partial charge on any atom is 0.326 e. The van der Waals surface area contributed by atoms with Crippen LogP contribution < -0.4 is 75.3 Å². The van der Waals surface area contributed by atoms with E-state index in [9.17, 15) is 78.2 Å². The van der Waals surface area contributed by atoms with Gasteiger partial charge in [0.1, 0.15) is 95.4 Å². The van der Waals surface area contributed by atoms with Gasteiger partial charge in [-0.3, -0.25) is 76.7 Å². The summed E-state index contributed by atoms with van der Waals surface area (Å²) in [6.45, 7) is 4.26. The summed E-state index contributed by atoms with van der Waals surface area (Å²) in [6, 6.07) is -6.61. The van der Waals surface area contributed by atoms with Gasteiger partial charge in [-0.15, -0.1) is 11.8 Å². The van der Waals surface area contributed by atoms with Gasteiger partial charge in [0, 0.05) is 58.5 Å². The number of nitrogens with one attached hydrogen (secondary N) is 12. The smallest absolute Gasteiger partial charge is 0.326 e. The monoisotopic (exact) mass is 1840 g/mol. The van der Waals surface area contributed by atoms with Gasteiger partial charge in [-0.2, -0.15) is 0 Å². The molecule has 1 saturated heterocycles. The normalized spacial score (nSPS) is 23.5. The van der Waals surface area contributed by atoms with Gasteiger partial charge < -0.3 is 116 Å². The van der Waals surface area contributed by atoms with Crippen LogP contribution >= 0.6 is 11.8 Å². The van der Waals surface area contributed by atoms with E-state index in [1.54, 1.807) is 6.92 Å². The Morgan fingerprint density at radius 3 is 1.39 bits per heavy atom. The summed E-state index contributed by atoms with van der Waals surface area (Å²) in [6.07, 6.45) is 1.72. The van der Waals surface area contributed by atoms with Crippen LogP contribution in [0.3, 0.4) is 0 Å². The molecule has 3 aliphatic rings. The number of amides is 15. The summed E-state index contributed by atoms with van der Waals surface area (Å²) in [7, 11) is 2.40. The molecule has 0 radical (unpaired) electrons. The molecule has 3 aromatic rings. The first kappa shape index (κ1) is 107. The van der Waals surface area contributed by atoms with Gasteiger partial charge in [-0.25, -0.2) is 14.0 Å². The minimum absolute atomic E-state index is 0.0593. The van der Waals surface area contributed by atoms with E-state index in [2.05, 4.69) is 63.8 Å². The van der Waals surface area contributed by atoms with Crippen LogP contribution in [0.1, 0.15) is 198 Å². The number of phenolic OH excluding ortho intramolecular Hbond substituents is 2. The average Bonchev–Trinajstić information content (AvgIpc) is 0.872. The molecule has 42 heteroatoms. The van der Waals surface area contributed by atoms with E-state index in [0.29, 0.717) is 56.7 Å². The number of unbranched alkanes of at least 4 members (excludes halogenated alkanes) is 2. The lowest BCUT2D eigenvalue weighted by molar-refractivity contribution is -0.149. The molecule has 3 fully saturated rings. The molecule has 1 aliphatic heterocycles. The summed E-state index contributed by atoms with van der Waals surface area (Å²) >= 11 is 0.670. The Balaban J connectivity index is 1.55. The molecule has 3 aromatic carbocycles. The number of carbonyl (C=O) groups is 18. The molecule has 0 aromatic heterocycles. The number of carboxylic acids is 4. The maximum absolute atomic E-state index is 15.3. The van der Waals surface area contributed by atoms with Crippen LogP contribution in [-0.2, 0) is 101 Å². The van der Waals surface area contributed by atoms with Crippen LogP contribution in [0.4, 0.5) is 9.18 Å². The van der Waals surface area contributed by atoms with E-state index in [1.807, 2.05) is 0 Å². The molecule has 1 heterocycles. The van der Waals surface area contributed by atoms with Gasteiger partial charge >= 0.3 is 29.9 Å². The highest BCUT2D eigenvalue weighted by Crippen LogP contribution is 2.30. The van der Waals surface area contributed by atoms with Crippen molar-refractivity contribution in [1.29, 1.82) is 0 Å². The first-order chi connectivity index (χ1) is 61.6. The van der Waals surface area contributed by atoms with E-state index >= 15 is 43.2 Å². The van der Waals surface area contributed by atoms with Crippen LogP contribution in [0.5, 0.6) is 11.5 Å². The van der Waals surface area contributed by atoms with Crippen molar-refractivity contribution >= 4 is 118 Å². The van der Waals surface area contributed by atoms with Crippen LogP contribution in [0, 0.1) is 17.7 Å². The molecule has 40 nitrogen and oxygen atoms in total. The predicted molar refractivity (Wildman–Crippen MR) is 471 cm³/mol. The molecular weight excluding hydrogens is 1720 g/mol. The highest BCUT2D eigenvalue weighted by atomic mass is 32.2. The topological polar surface area (TPSA) is 632 Å². The van der Waals surface area contributed by atoms with E-state index in [-0.39, 0.29) is 111 Å². The standard InChI is InChI=1S/C88H127FN16O24S/c1-6-7-23-68-83(124)103-88(2,3)86(128)102-65(43-51-19-12-9-13-20-51)80(121)98-63(44-52-24-30-55(89)31-25-52)78(119)100-66(47-73(113)114)81(122)99-64(46-54-28-34-57(107)35-29-54)77(118)97-62(45-53-26-32-56(106)33-27-53)76(117)94-59(22-16-41-92-87(91)129)74(115)93-58(21-14-15-40-90)75(116)96-61(42-50-17-10-8-11-18-50)79(120)101-67(82(123)95-60(85(126)127)36-38-71(109)110)48-130-49-70(108)104(4)69(37-39-72(111)112)84(125)105(68)5/h24-35,50-51,58-69,106-107H,6-23,36-49,90H2,1-5H3,(H,93,115)(H,94,117)(H,95,123)(H,96,116)(H,97,118)(H,98,121)(H,99,122)(H,100,119)(H,101,120)(H,102,128)(H,103,124)(H,109,110)(H,111,112)(H,113,114)(H,126,127)(H3,91,92,129)/t58-,59+,60-,61+,62+,63+,64+,65+,66-,67+,68+,69+/m1/s1. The number of aliphatic carboxylic acids is 4. The van der Waals surface area contributed by atoms with Crippen molar-refractivity contribution in [2.45, 2.75) is 279 Å². The van der Waals surface area contributed by atoms with Gasteiger partial charge in [0.2, 0.25) is 76.8 Å². The summed E-state index contributed by atoms with van der Waals surface area (Å²) < 4.78 is 14.6. The Bertz CT molecular complexity index is 4390. The molecule has 716 valence electrons. The number of hydrogen-bond acceptors (Lipinski definition) is 22. The summed E-state index contributed by atoms with van der Waals surface area (Å²) in [5.41, 5.74) is 10.1. The molecule has 0 spiro atoms. The fraction of sp³-hybridized carbons (Fsp3) is 0.591. The highest BCUT2D eigenvalue weighted by Gasteiger charge is 2.43. The van der Waals surface area contributed by atoms with Gasteiger partial charge in [-0.1, -0.05) is 120 Å². The third-order valence-electron chi connectivity index (χ3n) is 23.2. The van der Waals surface area contributed by atoms with Crippen molar-refractivity contribution in [2.24, 2.45) is 23.3 Å². The maximum atomic E-state index is 15.3. The van der Waals surface area contributed by atoms with E-state index < -0.39 is 253 Å².